The van der Waals surface area contributed by atoms with Crippen LogP contribution in [0.3, 0.4) is 0 Å². The topological polar surface area (TPSA) is 47.6 Å². The first-order valence-electron chi connectivity index (χ1n) is 5.44. The minimum Gasteiger partial charge on any atom is -0.497 e. The molecule has 4 nitrogen and oxygen atoms in total. The van der Waals surface area contributed by atoms with E-state index in [1.54, 1.807) is 20.1 Å². The van der Waals surface area contributed by atoms with Gasteiger partial charge in [0.25, 0.3) is 0 Å². The van der Waals surface area contributed by atoms with Gasteiger partial charge >= 0.3 is 5.97 Å². The van der Waals surface area contributed by atoms with Crippen molar-refractivity contribution in [2.24, 2.45) is 0 Å². The number of nitrogens with one attached hydrogen (secondary N) is 1. The van der Waals surface area contributed by atoms with Gasteiger partial charge in [-0.05, 0) is 32.8 Å². The first-order valence-corrected chi connectivity index (χ1v) is 5.44. The summed E-state index contributed by atoms with van der Waals surface area (Å²) in [6, 6.07) is -0.264. The van der Waals surface area contributed by atoms with E-state index in [4.69, 9.17) is 9.47 Å². The Morgan fingerprint density at radius 2 is 2.53 bits per heavy atom. The van der Waals surface area contributed by atoms with E-state index in [2.05, 4.69) is 5.32 Å². The van der Waals surface area contributed by atoms with Crippen molar-refractivity contribution in [1.29, 1.82) is 0 Å². The molecule has 1 heterocycles. The fourth-order valence-electron chi connectivity index (χ4n) is 1.39. The Labute approximate surface area is 90.6 Å². The summed E-state index contributed by atoms with van der Waals surface area (Å²) in [4.78, 5) is 11.3. The number of esters is 1. The van der Waals surface area contributed by atoms with Gasteiger partial charge in [-0.2, -0.15) is 0 Å². The summed E-state index contributed by atoms with van der Waals surface area (Å²) in [6.07, 6.45) is 5.95. The Balaban J connectivity index is 2.18. The first-order chi connectivity index (χ1) is 7.24. The summed E-state index contributed by atoms with van der Waals surface area (Å²) >= 11 is 0. The Bertz CT molecular complexity index is 228. The van der Waals surface area contributed by atoms with Gasteiger partial charge in [0.05, 0.1) is 12.9 Å². The molecule has 0 radical (unpaired) electrons. The van der Waals surface area contributed by atoms with Crippen molar-refractivity contribution in [2.75, 3.05) is 13.2 Å². The van der Waals surface area contributed by atoms with Crippen LogP contribution in [0.4, 0.5) is 0 Å². The van der Waals surface area contributed by atoms with Crippen molar-refractivity contribution in [2.45, 2.75) is 38.8 Å². The summed E-state index contributed by atoms with van der Waals surface area (Å²) in [6.45, 7) is 4.72. The minimum absolute atomic E-state index is 0.173. The zero-order valence-electron chi connectivity index (χ0n) is 9.36. The largest absolute Gasteiger partial charge is 0.497 e. The molecule has 4 heteroatoms. The third-order valence-electron chi connectivity index (χ3n) is 2.31. The van der Waals surface area contributed by atoms with E-state index < -0.39 is 0 Å². The smallest absolute Gasteiger partial charge is 0.322 e. The lowest BCUT2D eigenvalue weighted by atomic mass is 10.1. The fourth-order valence-corrected chi connectivity index (χ4v) is 1.39. The van der Waals surface area contributed by atoms with E-state index in [-0.39, 0.29) is 18.1 Å². The van der Waals surface area contributed by atoms with Crippen LogP contribution >= 0.6 is 0 Å². The first kappa shape index (κ1) is 12.0. The molecule has 2 atom stereocenters. The van der Waals surface area contributed by atoms with E-state index in [1.807, 2.05) is 6.08 Å². The van der Waals surface area contributed by atoms with Crippen molar-refractivity contribution in [3.63, 3.8) is 0 Å². The van der Waals surface area contributed by atoms with Crippen LogP contribution in [0.15, 0.2) is 12.3 Å². The fraction of sp³-hybridized carbons (Fsp3) is 0.727. The zero-order valence-corrected chi connectivity index (χ0v) is 9.36. The summed E-state index contributed by atoms with van der Waals surface area (Å²) < 4.78 is 10.3. The molecular formula is C11H19NO3. The van der Waals surface area contributed by atoms with E-state index in [9.17, 15) is 4.79 Å². The number of hydrogen-bond acceptors (Lipinski definition) is 4. The second-order valence-electron chi connectivity index (χ2n) is 3.59. The number of rotatable bonds is 5. The quantitative estimate of drug-likeness (QED) is 0.698. The lowest BCUT2D eigenvalue weighted by Crippen LogP contribution is -2.40. The molecule has 15 heavy (non-hydrogen) atoms. The Kier molecular flexibility index (Phi) is 5.18. The zero-order chi connectivity index (χ0) is 11.1. The molecule has 0 amide bonds. The van der Waals surface area contributed by atoms with Crippen LogP contribution in [-0.4, -0.2) is 31.3 Å². The maximum atomic E-state index is 11.3. The van der Waals surface area contributed by atoms with E-state index in [1.165, 1.54) is 0 Å². The van der Waals surface area contributed by atoms with Crippen LogP contribution in [0.5, 0.6) is 0 Å². The minimum atomic E-state index is -0.264. The Morgan fingerprint density at radius 3 is 3.13 bits per heavy atom. The molecule has 1 rings (SSSR count). The molecule has 0 saturated heterocycles. The van der Waals surface area contributed by atoms with E-state index in [0.717, 1.165) is 12.8 Å². The molecule has 86 valence electrons. The van der Waals surface area contributed by atoms with Gasteiger partial charge < -0.3 is 14.8 Å². The number of allylic oxidation sites excluding steroid dienone is 1. The maximum absolute atomic E-state index is 11.3. The second-order valence-corrected chi connectivity index (χ2v) is 3.59. The van der Waals surface area contributed by atoms with E-state index in [0.29, 0.717) is 13.2 Å². The van der Waals surface area contributed by atoms with Gasteiger partial charge in [0.1, 0.15) is 12.1 Å². The van der Waals surface area contributed by atoms with Gasteiger partial charge in [-0.3, -0.25) is 4.79 Å². The van der Waals surface area contributed by atoms with Crippen LogP contribution < -0.4 is 5.32 Å². The molecule has 0 saturated carbocycles. The average molecular weight is 213 g/mol. The molecule has 0 aromatic rings. The molecular weight excluding hydrogens is 194 g/mol. The number of hydrogen-bond donors (Lipinski definition) is 1. The lowest BCUT2D eigenvalue weighted by Gasteiger charge is -2.21. The SMILES string of the molecule is CCOC(=O)C(C)NCC1CCC=CO1. The van der Waals surface area contributed by atoms with Crippen molar-refractivity contribution >= 4 is 5.97 Å². The molecule has 0 aromatic carbocycles. The van der Waals surface area contributed by atoms with Crippen molar-refractivity contribution < 1.29 is 14.3 Å². The van der Waals surface area contributed by atoms with Crippen molar-refractivity contribution in [1.82, 2.24) is 5.32 Å². The molecule has 0 bridgehead atoms. The summed E-state index contributed by atoms with van der Waals surface area (Å²) in [7, 11) is 0. The Morgan fingerprint density at radius 1 is 1.73 bits per heavy atom. The predicted molar refractivity (Wildman–Crippen MR) is 57.3 cm³/mol. The molecule has 0 aromatic heterocycles. The monoisotopic (exact) mass is 213 g/mol. The molecule has 0 aliphatic carbocycles. The highest BCUT2D eigenvalue weighted by molar-refractivity contribution is 5.75. The van der Waals surface area contributed by atoms with Crippen molar-refractivity contribution in [3.05, 3.63) is 12.3 Å². The normalized spacial score (nSPS) is 21.9. The highest BCUT2D eigenvalue weighted by atomic mass is 16.5. The van der Waals surface area contributed by atoms with Crippen LogP contribution in [0.25, 0.3) is 0 Å². The van der Waals surface area contributed by atoms with E-state index >= 15 is 0 Å². The molecule has 1 aliphatic rings. The van der Waals surface area contributed by atoms with Crippen LogP contribution in [-0.2, 0) is 14.3 Å². The Hall–Kier alpha value is -1.03. The third kappa shape index (κ3) is 4.34. The highest BCUT2D eigenvalue weighted by Gasteiger charge is 2.16. The molecule has 2 unspecified atom stereocenters. The van der Waals surface area contributed by atoms with Crippen LogP contribution in [0.1, 0.15) is 26.7 Å². The van der Waals surface area contributed by atoms with Gasteiger partial charge in [-0.15, -0.1) is 0 Å². The van der Waals surface area contributed by atoms with Crippen LogP contribution in [0.2, 0.25) is 0 Å². The lowest BCUT2D eigenvalue weighted by molar-refractivity contribution is -0.145. The van der Waals surface area contributed by atoms with Gasteiger partial charge in [-0.1, -0.05) is 0 Å². The molecule has 1 aliphatic heterocycles. The summed E-state index contributed by atoms with van der Waals surface area (Å²) in [5, 5.41) is 3.10. The van der Waals surface area contributed by atoms with Crippen LogP contribution in [0, 0.1) is 0 Å². The number of carbonyl (C=O) groups is 1. The van der Waals surface area contributed by atoms with Gasteiger partial charge in [0.15, 0.2) is 0 Å². The van der Waals surface area contributed by atoms with Crippen molar-refractivity contribution in [3.8, 4) is 0 Å². The molecule has 0 fully saturated rings. The van der Waals surface area contributed by atoms with Gasteiger partial charge in [-0.25, -0.2) is 0 Å². The molecule has 0 spiro atoms. The predicted octanol–water partition coefficient (Wildman–Crippen LogP) is 1.22. The summed E-state index contributed by atoms with van der Waals surface area (Å²) in [5.41, 5.74) is 0. The molecule has 1 N–H and O–H groups in total. The average Bonchev–Trinajstić information content (AvgIpc) is 2.27. The number of carbonyl (C=O) groups excluding carboxylic acids is 1. The second kappa shape index (κ2) is 6.45. The highest BCUT2D eigenvalue weighted by Crippen LogP contribution is 2.09. The standard InChI is InChI=1S/C11H19NO3/c1-3-14-11(13)9(2)12-8-10-6-4-5-7-15-10/h5,7,9-10,12H,3-4,6,8H2,1-2H3. The summed E-state index contributed by atoms with van der Waals surface area (Å²) in [5.74, 6) is -0.205. The third-order valence-corrected chi connectivity index (χ3v) is 2.31. The number of ether oxygens (including phenoxy) is 2. The van der Waals surface area contributed by atoms with Gasteiger partial charge in [0.2, 0.25) is 0 Å². The maximum Gasteiger partial charge on any atom is 0.322 e. The van der Waals surface area contributed by atoms with Gasteiger partial charge in [0, 0.05) is 6.54 Å².